The summed E-state index contributed by atoms with van der Waals surface area (Å²) in [5.41, 5.74) is 2.98. The molecule has 0 fully saturated rings. The van der Waals surface area contributed by atoms with Crippen molar-refractivity contribution in [3.63, 3.8) is 0 Å². The zero-order valence-electron chi connectivity index (χ0n) is 13.6. The van der Waals surface area contributed by atoms with E-state index in [1.807, 2.05) is 29.1 Å². The highest BCUT2D eigenvalue weighted by Crippen LogP contribution is 2.25. The highest BCUT2D eigenvalue weighted by molar-refractivity contribution is 5.91. The Hall–Kier alpha value is -2.93. The number of hydrogen-bond acceptors (Lipinski definition) is 5. The molecule has 3 aromatic rings. The number of nitrogens with zero attached hydrogens (tertiary/aromatic N) is 3. The van der Waals surface area contributed by atoms with E-state index in [0.717, 1.165) is 23.4 Å². The van der Waals surface area contributed by atoms with Crippen molar-refractivity contribution in [2.24, 2.45) is 0 Å². The van der Waals surface area contributed by atoms with Crippen molar-refractivity contribution < 1.29 is 13.9 Å². The number of nitrogens with one attached hydrogen (secondary N) is 1. The topological polar surface area (TPSA) is 82.2 Å². The number of amides is 1. The van der Waals surface area contributed by atoms with Gasteiger partial charge in [-0.3, -0.25) is 14.5 Å². The predicted octanol–water partition coefficient (Wildman–Crippen LogP) is 1.96. The summed E-state index contributed by atoms with van der Waals surface area (Å²) >= 11 is 0. The van der Waals surface area contributed by atoms with Crippen LogP contribution >= 0.6 is 0 Å². The van der Waals surface area contributed by atoms with Crippen LogP contribution in [0.25, 0.3) is 0 Å². The number of ether oxygens (including phenoxy) is 1. The van der Waals surface area contributed by atoms with Crippen LogP contribution in [0.2, 0.25) is 0 Å². The summed E-state index contributed by atoms with van der Waals surface area (Å²) < 4.78 is 12.8. The van der Waals surface area contributed by atoms with Gasteiger partial charge in [0.15, 0.2) is 5.76 Å². The van der Waals surface area contributed by atoms with Crippen molar-refractivity contribution in [2.75, 3.05) is 13.2 Å². The van der Waals surface area contributed by atoms with Gasteiger partial charge in [-0.25, -0.2) is 0 Å². The van der Waals surface area contributed by atoms with Gasteiger partial charge in [0.1, 0.15) is 6.10 Å². The molecule has 4 rings (SSSR count). The first-order chi connectivity index (χ1) is 12.3. The maximum Gasteiger partial charge on any atom is 0.287 e. The number of hydrogen-bond donors (Lipinski definition) is 1. The molecule has 7 heteroatoms. The molecule has 0 saturated carbocycles. The van der Waals surface area contributed by atoms with Crippen LogP contribution < -0.4 is 5.32 Å². The fourth-order valence-electron chi connectivity index (χ4n) is 2.91. The first-order valence-corrected chi connectivity index (χ1v) is 8.19. The molecule has 4 heterocycles. The molecule has 0 spiro atoms. The number of aromatic nitrogens is 3. The number of carbonyl (C=O) groups excluding carboxylic acids is 1. The molecular weight excluding hydrogens is 320 g/mol. The molecule has 1 aliphatic heterocycles. The van der Waals surface area contributed by atoms with Gasteiger partial charge in [0.05, 0.1) is 30.8 Å². The van der Waals surface area contributed by atoms with Crippen molar-refractivity contribution >= 4 is 5.91 Å². The molecule has 1 atom stereocenters. The standard InChI is InChI=1S/C18H18N4O3/c23-18(15-5-3-8-24-15)20-10-16-17-13(6-9-25-16)11-22(21-17)12-14-4-1-2-7-19-14/h1-5,7-8,11,16H,6,9-10,12H2,(H,20,23)/t16-/m0/s1. The van der Waals surface area contributed by atoms with E-state index in [0.29, 0.717) is 19.7 Å². The molecule has 0 unspecified atom stereocenters. The Morgan fingerprint density at radius 3 is 3.08 bits per heavy atom. The molecule has 0 aromatic carbocycles. The second kappa shape index (κ2) is 6.90. The highest BCUT2D eigenvalue weighted by atomic mass is 16.5. The lowest BCUT2D eigenvalue weighted by molar-refractivity contribution is 0.0380. The summed E-state index contributed by atoms with van der Waals surface area (Å²) in [4.78, 5) is 16.3. The molecule has 25 heavy (non-hydrogen) atoms. The summed E-state index contributed by atoms with van der Waals surface area (Å²) in [6, 6.07) is 9.14. The van der Waals surface area contributed by atoms with E-state index in [-0.39, 0.29) is 17.8 Å². The largest absolute Gasteiger partial charge is 0.459 e. The van der Waals surface area contributed by atoms with Crippen molar-refractivity contribution in [2.45, 2.75) is 19.1 Å². The van der Waals surface area contributed by atoms with Crippen molar-refractivity contribution in [3.05, 3.63) is 71.7 Å². The van der Waals surface area contributed by atoms with E-state index < -0.39 is 0 Å². The van der Waals surface area contributed by atoms with Crippen LogP contribution in [0, 0.1) is 0 Å². The van der Waals surface area contributed by atoms with Gasteiger partial charge in [0, 0.05) is 18.9 Å². The second-order valence-corrected chi connectivity index (χ2v) is 5.85. The maximum atomic E-state index is 12.0. The SMILES string of the molecule is O=C(NC[C@@H]1OCCc2cn(Cc3ccccn3)nc21)c1ccco1. The lowest BCUT2D eigenvalue weighted by Crippen LogP contribution is -2.31. The average Bonchev–Trinajstić information content (AvgIpc) is 3.30. The van der Waals surface area contributed by atoms with Crippen LogP contribution in [0.5, 0.6) is 0 Å². The molecular formula is C18H18N4O3. The number of carbonyl (C=O) groups is 1. The lowest BCUT2D eigenvalue weighted by atomic mass is 10.1. The Morgan fingerprint density at radius 1 is 1.32 bits per heavy atom. The van der Waals surface area contributed by atoms with E-state index in [9.17, 15) is 4.79 Å². The van der Waals surface area contributed by atoms with E-state index in [1.54, 1.807) is 18.3 Å². The first-order valence-electron chi connectivity index (χ1n) is 8.19. The average molecular weight is 338 g/mol. The number of rotatable bonds is 5. The molecule has 1 amide bonds. The van der Waals surface area contributed by atoms with Gasteiger partial charge in [-0.2, -0.15) is 5.10 Å². The Labute approximate surface area is 144 Å². The first kappa shape index (κ1) is 15.6. The maximum absolute atomic E-state index is 12.0. The van der Waals surface area contributed by atoms with Gasteiger partial charge in [-0.15, -0.1) is 0 Å². The summed E-state index contributed by atoms with van der Waals surface area (Å²) in [5.74, 6) is 0.0327. The lowest BCUT2D eigenvalue weighted by Gasteiger charge is -2.22. The second-order valence-electron chi connectivity index (χ2n) is 5.85. The van der Waals surface area contributed by atoms with E-state index in [4.69, 9.17) is 9.15 Å². The minimum Gasteiger partial charge on any atom is -0.459 e. The molecule has 7 nitrogen and oxygen atoms in total. The fraction of sp³-hybridized carbons (Fsp3) is 0.278. The van der Waals surface area contributed by atoms with E-state index in [1.165, 1.54) is 6.26 Å². The third-order valence-electron chi connectivity index (χ3n) is 4.11. The third-order valence-corrected chi connectivity index (χ3v) is 4.11. The van der Waals surface area contributed by atoms with Crippen LogP contribution in [0.15, 0.2) is 53.4 Å². The summed E-state index contributed by atoms with van der Waals surface area (Å²) in [7, 11) is 0. The summed E-state index contributed by atoms with van der Waals surface area (Å²) in [5, 5.41) is 7.48. The molecule has 0 bridgehead atoms. The minimum atomic E-state index is -0.257. The van der Waals surface area contributed by atoms with Crippen molar-refractivity contribution in [1.29, 1.82) is 0 Å². The van der Waals surface area contributed by atoms with Gasteiger partial charge >= 0.3 is 0 Å². The third kappa shape index (κ3) is 3.46. The van der Waals surface area contributed by atoms with Gasteiger partial charge in [-0.05, 0) is 36.2 Å². The molecule has 128 valence electrons. The molecule has 1 aliphatic rings. The van der Waals surface area contributed by atoms with Gasteiger partial charge < -0.3 is 14.5 Å². The van der Waals surface area contributed by atoms with Crippen molar-refractivity contribution in [1.82, 2.24) is 20.1 Å². The normalized spacial score (nSPS) is 16.4. The quantitative estimate of drug-likeness (QED) is 0.769. The molecule has 0 radical (unpaired) electrons. The van der Waals surface area contributed by atoms with Crippen LogP contribution in [0.1, 0.15) is 33.6 Å². The predicted molar refractivity (Wildman–Crippen MR) is 89.0 cm³/mol. The molecule has 0 saturated heterocycles. The van der Waals surface area contributed by atoms with E-state index in [2.05, 4.69) is 15.4 Å². The Morgan fingerprint density at radius 2 is 2.28 bits per heavy atom. The van der Waals surface area contributed by atoms with Gasteiger partial charge in [-0.1, -0.05) is 6.07 Å². The highest BCUT2D eigenvalue weighted by Gasteiger charge is 2.25. The smallest absolute Gasteiger partial charge is 0.287 e. The van der Waals surface area contributed by atoms with Crippen LogP contribution in [-0.4, -0.2) is 33.8 Å². The fourth-order valence-corrected chi connectivity index (χ4v) is 2.91. The Bertz CT molecular complexity index is 843. The Kier molecular flexibility index (Phi) is 4.30. The van der Waals surface area contributed by atoms with Crippen molar-refractivity contribution in [3.8, 4) is 0 Å². The number of furan rings is 1. The van der Waals surface area contributed by atoms with Crippen LogP contribution in [0.4, 0.5) is 0 Å². The summed E-state index contributed by atoms with van der Waals surface area (Å²) in [6.07, 6.45) is 5.85. The van der Waals surface area contributed by atoms with Gasteiger partial charge in [0.2, 0.25) is 0 Å². The number of pyridine rings is 1. The zero-order chi connectivity index (χ0) is 17.1. The molecule has 3 aromatic heterocycles. The molecule has 1 N–H and O–H groups in total. The van der Waals surface area contributed by atoms with Crippen LogP contribution in [0.3, 0.4) is 0 Å². The number of fused-ring (bicyclic) bond motifs is 1. The molecule has 0 aliphatic carbocycles. The monoisotopic (exact) mass is 338 g/mol. The Balaban J connectivity index is 1.45. The summed E-state index contributed by atoms with van der Waals surface area (Å²) in [6.45, 7) is 1.58. The van der Waals surface area contributed by atoms with Gasteiger partial charge in [0.25, 0.3) is 5.91 Å². The van der Waals surface area contributed by atoms with E-state index >= 15 is 0 Å². The zero-order valence-corrected chi connectivity index (χ0v) is 13.6. The minimum absolute atomic E-state index is 0.256. The van der Waals surface area contributed by atoms with Crippen LogP contribution in [-0.2, 0) is 17.7 Å².